The molecule has 4 nitrogen and oxygen atoms in total. The number of ether oxygens (including phenoxy) is 1. The van der Waals surface area contributed by atoms with Gasteiger partial charge in [0.1, 0.15) is 6.17 Å². The summed E-state index contributed by atoms with van der Waals surface area (Å²) in [4.78, 5) is 10.8. The number of halogens is 1. The van der Waals surface area contributed by atoms with Gasteiger partial charge in [-0.2, -0.15) is 0 Å². The molecule has 1 aliphatic rings. The number of esters is 1. The van der Waals surface area contributed by atoms with Gasteiger partial charge in [0.15, 0.2) is 9.84 Å². The maximum absolute atomic E-state index is 13.3. The molecule has 1 rings (SSSR count). The molecule has 0 aliphatic carbocycles. The van der Waals surface area contributed by atoms with Crippen LogP contribution in [0, 0.1) is 5.92 Å². The van der Waals surface area contributed by atoms with E-state index in [1.807, 2.05) is 0 Å². The smallest absolute Gasteiger partial charge is 0.305 e. The molecule has 1 aliphatic heterocycles. The van der Waals surface area contributed by atoms with E-state index in [0.29, 0.717) is 0 Å². The SMILES string of the molecule is COC(=O)CC[C@H]1CS(=O)(=O)CC[C@H]1F. The molecule has 0 N–H and O–H groups in total. The van der Waals surface area contributed by atoms with E-state index in [-0.39, 0.29) is 30.8 Å². The van der Waals surface area contributed by atoms with Gasteiger partial charge >= 0.3 is 5.97 Å². The van der Waals surface area contributed by atoms with Crippen molar-refractivity contribution >= 4 is 15.8 Å². The Morgan fingerprint density at radius 2 is 2.20 bits per heavy atom. The van der Waals surface area contributed by atoms with Gasteiger partial charge in [0.2, 0.25) is 0 Å². The fourth-order valence-corrected chi connectivity index (χ4v) is 3.49. The van der Waals surface area contributed by atoms with Gasteiger partial charge in [0.25, 0.3) is 0 Å². The van der Waals surface area contributed by atoms with Gasteiger partial charge in [0.05, 0.1) is 18.6 Å². The molecule has 0 aromatic rings. The molecule has 15 heavy (non-hydrogen) atoms. The quantitative estimate of drug-likeness (QED) is 0.679. The molecule has 0 unspecified atom stereocenters. The zero-order valence-corrected chi connectivity index (χ0v) is 9.43. The van der Waals surface area contributed by atoms with Crippen molar-refractivity contribution in [2.75, 3.05) is 18.6 Å². The Labute approximate surface area is 88.7 Å². The predicted octanol–water partition coefficient (Wildman–Crippen LogP) is 0.712. The lowest BCUT2D eigenvalue weighted by molar-refractivity contribution is -0.141. The van der Waals surface area contributed by atoms with Crippen molar-refractivity contribution < 1.29 is 22.3 Å². The number of alkyl halides is 1. The summed E-state index contributed by atoms with van der Waals surface area (Å²) >= 11 is 0. The van der Waals surface area contributed by atoms with Crippen molar-refractivity contribution in [3.8, 4) is 0 Å². The molecule has 0 saturated carbocycles. The predicted molar refractivity (Wildman–Crippen MR) is 52.9 cm³/mol. The summed E-state index contributed by atoms with van der Waals surface area (Å²) in [5.74, 6) is -1.21. The summed E-state index contributed by atoms with van der Waals surface area (Å²) in [7, 11) is -1.85. The minimum absolute atomic E-state index is 0.0498. The second kappa shape index (κ2) is 4.92. The van der Waals surface area contributed by atoms with Crippen molar-refractivity contribution in [1.29, 1.82) is 0 Å². The van der Waals surface area contributed by atoms with E-state index < -0.39 is 27.9 Å². The largest absolute Gasteiger partial charge is 0.469 e. The molecule has 0 amide bonds. The molecule has 88 valence electrons. The van der Waals surface area contributed by atoms with Gasteiger partial charge in [-0.15, -0.1) is 0 Å². The van der Waals surface area contributed by atoms with E-state index >= 15 is 0 Å². The van der Waals surface area contributed by atoms with Gasteiger partial charge in [-0.25, -0.2) is 12.8 Å². The average molecular weight is 238 g/mol. The molecule has 1 fully saturated rings. The summed E-state index contributed by atoms with van der Waals surface area (Å²) in [5, 5.41) is 0. The van der Waals surface area contributed by atoms with E-state index in [0.717, 1.165) is 0 Å². The number of methoxy groups -OCH3 is 1. The van der Waals surface area contributed by atoms with Crippen LogP contribution in [0.4, 0.5) is 4.39 Å². The van der Waals surface area contributed by atoms with Crippen LogP contribution in [0.15, 0.2) is 0 Å². The lowest BCUT2D eigenvalue weighted by Gasteiger charge is -2.25. The first-order chi connectivity index (χ1) is 6.94. The van der Waals surface area contributed by atoms with Crippen LogP contribution in [0.5, 0.6) is 0 Å². The standard InChI is InChI=1S/C9H15FO4S/c1-14-9(11)3-2-7-6-15(12,13)5-4-8(7)10/h7-8H,2-6H2,1H3/t7-,8+/m0/s1. The highest BCUT2D eigenvalue weighted by Crippen LogP contribution is 2.25. The second-order valence-electron chi connectivity index (χ2n) is 3.79. The minimum atomic E-state index is -3.11. The first-order valence-corrected chi connectivity index (χ1v) is 6.68. The third-order valence-electron chi connectivity index (χ3n) is 2.63. The van der Waals surface area contributed by atoms with E-state index in [9.17, 15) is 17.6 Å². The normalized spacial score (nSPS) is 29.7. The Bertz CT molecular complexity index is 325. The molecule has 0 aromatic heterocycles. The van der Waals surface area contributed by atoms with Crippen LogP contribution in [-0.2, 0) is 19.4 Å². The molecule has 0 aromatic carbocycles. The lowest BCUT2D eigenvalue weighted by atomic mass is 9.98. The third kappa shape index (κ3) is 3.77. The molecular formula is C9H15FO4S. The maximum Gasteiger partial charge on any atom is 0.305 e. The van der Waals surface area contributed by atoms with Crippen molar-refractivity contribution in [2.24, 2.45) is 5.92 Å². The van der Waals surface area contributed by atoms with Crippen molar-refractivity contribution in [3.63, 3.8) is 0 Å². The fraction of sp³-hybridized carbons (Fsp3) is 0.889. The van der Waals surface area contributed by atoms with Crippen LogP contribution in [-0.4, -0.2) is 39.2 Å². The number of hydrogen-bond donors (Lipinski definition) is 0. The fourth-order valence-electron chi connectivity index (χ4n) is 1.71. The van der Waals surface area contributed by atoms with Crippen LogP contribution in [0.1, 0.15) is 19.3 Å². The molecule has 0 spiro atoms. The Hall–Kier alpha value is -0.650. The Morgan fingerprint density at radius 1 is 1.53 bits per heavy atom. The van der Waals surface area contributed by atoms with Gasteiger partial charge < -0.3 is 4.74 Å². The van der Waals surface area contributed by atoms with Crippen molar-refractivity contribution in [2.45, 2.75) is 25.4 Å². The van der Waals surface area contributed by atoms with Crippen LogP contribution in [0.25, 0.3) is 0 Å². The summed E-state index contributed by atoms with van der Waals surface area (Å²) in [6.07, 6.45) is -0.739. The third-order valence-corrected chi connectivity index (χ3v) is 4.42. The van der Waals surface area contributed by atoms with Gasteiger partial charge in [-0.1, -0.05) is 0 Å². The maximum atomic E-state index is 13.3. The van der Waals surface area contributed by atoms with E-state index in [1.54, 1.807) is 0 Å². The van der Waals surface area contributed by atoms with E-state index in [2.05, 4.69) is 4.74 Å². The van der Waals surface area contributed by atoms with Crippen LogP contribution >= 0.6 is 0 Å². The highest BCUT2D eigenvalue weighted by Gasteiger charge is 2.33. The van der Waals surface area contributed by atoms with E-state index in [4.69, 9.17) is 0 Å². The van der Waals surface area contributed by atoms with Crippen molar-refractivity contribution in [3.05, 3.63) is 0 Å². The number of hydrogen-bond acceptors (Lipinski definition) is 4. The molecule has 2 atom stereocenters. The molecule has 6 heteroatoms. The van der Waals surface area contributed by atoms with Crippen LogP contribution in [0.3, 0.4) is 0 Å². The van der Waals surface area contributed by atoms with Crippen LogP contribution < -0.4 is 0 Å². The zero-order valence-electron chi connectivity index (χ0n) is 8.61. The number of carbonyl (C=O) groups excluding carboxylic acids is 1. The lowest BCUT2D eigenvalue weighted by Crippen LogP contribution is -2.34. The second-order valence-corrected chi connectivity index (χ2v) is 6.02. The van der Waals surface area contributed by atoms with Crippen LogP contribution in [0.2, 0.25) is 0 Å². The van der Waals surface area contributed by atoms with Gasteiger partial charge in [-0.3, -0.25) is 4.79 Å². The first kappa shape index (κ1) is 12.4. The summed E-state index contributed by atoms with van der Waals surface area (Å²) in [6, 6.07) is 0. The number of sulfone groups is 1. The number of carbonyl (C=O) groups is 1. The Morgan fingerprint density at radius 3 is 2.80 bits per heavy atom. The van der Waals surface area contributed by atoms with E-state index in [1.165, 1.54) is 7.11 Å². The summed E-state index contributed by atoms with van der Waals surface area (Å²) < 4.78 is 40.2. The molecule has 1 heterocycles. The van der Waals surface area contributed by atoms with Gasteiger partial charge in [-0.05, 0) is 12.8 Å². The minimum Gasteiger partial charge on any atom is -0.469 e. The topological polar surface area (TPSA) is 60.4 Å². The molecule has 0 radical (unpaired) electrons. The summed E-state index contributed by atoms with van der Waals surface area (Å²) in [5.41, 5.74) is 0. The molecule has 0 bridgehead atoms. The number of rotatable bonds is 3. The van der Waals surface area contributed by atoms with Crippen molar-refractivity contribution in [1.82, 2.24) is 0 Å². The zero-order chi connectivity index (χ0) is 11.5. The molecular weight excluding hydrogens is 223 g/mol. The van der Waals surface area contributed by atoms with Gasteiger partial charge in [0, 0.05) is 12.3 Å². The highest BCUT2D eigenvalue weighted by atomic mass is 32.2. The monoisotopic (exact) mass is 238 g/mol. The average Bonchev–Trinajstić information content (AvgIpc) is 2.19. The first-order valence-electron chi connectivity index (χ1n) is 4.86. The highest BCUT2D eigenvalue weighted by molar-refractivity contribution is 7.91. The Balaban J connectivity index is 2.49. The molecule has 1 saturated heterocycles. The summed E-state index contributed by atoms with van der Waals surface area (Å²) in [6.45, 7) is 0. The Kier molecular flexibility index (Phi) is 4.07.